The van der Waals surface area contributed by atoms with E-state index in [1.54, 1.807) is 24.3 Å². The molecule has 0 radical (unpaired) electrons. The molecular weight excluding hydrogens is 380 g/mol. The summed E-state index contributed by atoms with van der Waals surface area (Å²) < 4.78 is 4.63. The van der Waals surface area contributed by atoms with Crippen LogP contribution >= 0.6 is 35.2 Å². The molecule has 1 aromatic heterocycles. The Morgan fingerprint density at radius 2 is 2.00 bits per heavy atom. The molecular formula is C17H13ClN2O3S2. The average Bonchev–Trinajstić information content (AvgIpc) is 3.14. The summed E-state index contributed by atoms with van der Waals surface area (Å²) in [5.74, 6) is -1.70. The molecule has 1 atom stereocenters. The lowest BCUT2D eigenvalue weighted by molar-refractivity contribution is -0.150. The first-order chi connectivity index (χ1) is 12.0. The first kappa shape index (κ1) is 17.6. The molecule has 25 heavy (non-hydrogen) atoms. The zero-order valence-electron chi connectivity index (χ0n) is 13.0. The number of carbonyl (C=O) groups excluding carboxylic acids is 2. The Bertz CT molecular complexity index is 878. The Morgan fingerprint density at radius 1 is 1.24 bits per heavy atom. The van der Waals surface area contributed by atoms with Gasteiger partial charge in [-0.3, -0.25) is 4.79 Å². The summed E-state index contributed by atoms with van der Waals surface area (Å²) in [6.45, 7) is 0. The zero-order valence-corrected chi connectivity index (χ0v) is 15.4. The standard InChI is InChI=1S/C17H13ClN2O3S2/c1-23-16(22)15(21)12-13(9-5-2-3-6-10(9)18)19-17(24)20-14(12)11-7-4-8-25-11/h2-8,13H,1H3,(H2,19,20,24)/t13-/m0/s1. The van der Waals surface area contributed by atoms with Gasteiger partial charge in [-0.15, -0.1) is 11.3 Å². The van der Waals surface area contributed by atoms with Crippen molar-refractivity contribution in [2.75, 3.05) is 7.11 Å². The van der Waals surface area contributed by atoms with Gasteiger partial charge in [-0.1, -0.05) is 35.9 Å². The van der Waals surface area contributed by atoms with E-state index in [0.29, 0.717) is 21.4 Å². The van der Waals surface area contributed by atoms with Crippen LogP contribution in [-0.4, -0.2) is 24.0 Å². The minimum Gasteiger partial charge on any atom is -0.463 e. The Kier molecular flexibility index (Phi) is 5.17. The molecule has 0 unspecified atom stereocenters. The molecule has 0 saturated carbocycles. The molecule has 8 heteroatoms. The van der Waals surface area contributed by atoms with E-state index >= 15 is 0 Å². The SMILES string of the molecule is COC(=O)C(=O)C1=C(c2cccs2)NC(=S)N[C@H]1c1ccccc1Cl. The molecule has 0 aliphatic carbocycles. The van der Waals surface area contributed by atoms with Gasteiger partial charge in [0.2, 0.25) is 0 Å². The van der Waals surface area contributed by atoms with E-state index in [2.05, 4.69) is 15.4 Å². The zero-order chi connectivity index (χ0) is 18.0. The normalized spacial score (nSPS) is 16.9. The molecule has 2 aromatic rings. The molecule has 0 amide bonds. The second kappa shape index (κ2) is 7.35. The molecule has 1 aromatic carbocycles. The van der Waals surface area contributed by atoms with Crippen molar-refractivity contribution >= 4 is 57.7 Å². The molecule has 0 spiro atoms. The van der Waals surface area contributed by atoms with Gasteiger partial charge in [-0.2, -0.15) is 0 Å². The molecule has 2 heterocycles. The Balaban J connectivity index is 2.23. The number of ketones is 1. The van der Waals surface area contributed by atoms with E-state index in [4.69, 9.17) is 23.8 Å². The van der Waals surface area contributed by atoms with Crippen molar-refractivity contribution in [3.05, 3.63) is 62.8 Å². The minimum absolute atomic E-state index is 0.219. The number of thiophene rings is 1. The van der Waals surface area contributed by atoms with Gasteiger partial charge in [-0.05, 0) is 35.3 Å². The minimum atomic E-state index is -0.947. The average molecular weight is 393 g/mol. The van der Waals surface area contributed by atoms with E-state index in [0.717, 1.165) is 4.88 Å². The number of hydrogen-bond acceptors (Lipinski definition) is 5. The van der Waals surface area contributed by atoms with Gasteiger partial charge in [0.15, 0.2) is 5.11 Å². The Labute approximate surface area is 158 Å². The fourth-order valence-electron chi connectivity index (χ4n) is 2.57. The van der Waals surface area contributed by atoms with Crippen molar-refractivity contribution in [3.8, 4) is 0 Å². The number of benzene rings is 1. The molecule has 1 aliphatic heterocycles. The maximum Gasteiger partial charge on any atom is 0.379 e. The van der Waals surface area contributed by atoms with Gasteiger partial charge in [0, 0.05) is 5.02 Å². The lowest BCUT2D eigenvalue weighted by Crippen LogP contribution is -2.45. The van der Waals surface area contributed by atoms with Gasteiger partial charge in [0.25, 0.3) is 5.78 Å². The fraction of sp³-hybridized carbons (Fsp3) is 0.118. The smallest absolute Gasteiger partial charge is 0.379 e. The molecule has 3 rings (SSSR count). The molecule has 1 aliphatic rings. The molecule has 0 bridgehead atoms. The maximum absolute atomic E-state index is 12.7. The summed E-state index contributed by atoms with van der Waals surface area (Å²) in [7, 11) is 1.17. The summed E-state index contributed by atoms with van der Waals surface area (Å²) in [5, 5.41) is 8.70. The summed E-state index contributed by atoms with van der Waals surface area (Å²) in [6.07, 6.45) is 0. The van der Waals surface area contributed by atoms with Crippen LogP contribution in [0.1, 0.15) is 16.5 Å². The third-order valence-corrected chi connectivity index (χ3v) is 5.12. The second-order valence-electron chi connectivity index (χ2n) is 5.14. The van der Waals surface area contributed by atoms with Crippen LogP contribution in [0.5, 0.6) is 0 Å². The van der Waals surface area contributed by atoms with Crippen LogP contribution in [-0.2, 0) is 14.3 Å². The molecule has 128 valence electrons. The van der Waals surface area contributed by atoms with E-state index in [9.17, 15) is 9.59 Å². The van der Waals surface area contributed by atoms with Crippen LogP contribution in [0, 0.1) is 0 Å². The van der Waals surface area contributed by atoms with E-state index in [1.165, 1.54) is 18.4 Å². The fourth-order valence-corrected chi connectivity index (χ4v) is 3.77. The number of hydrogen-bond donors (Lipinski definition) is 2. The van der Waals surface area contributed by atoms with Crippen LogP contribution < -0.4 is 10.6 Å². The van der Waals surface area contributed by atoms with Crippen molar-refractivity contribution in [1.29, 1.82) is 0 Å². The van der Waals surface area contributed by atoms with Gasteiger partial charge in [0.1, 0.15) is 0 Å². The second-order valence-corrected chi connectivity index (χ2v) is 6.90. The third kappa shape index (κ3) is 3.44. The largest absolute Gasteiger partial charge is 0.463 e. The Morgan fingerprint density at radius 3 is 2.64 bits per heavy atom. The molecule has 0 saturated heterocycles. The van der Waals surface area contributed by atoms with E-state index in [-0.39, 0.29) is 5.57 Å². The molecule has 0 fully saturated rings. The summed E-state index contributed by atoms with van der Waals surface area (Å²) in [4.78, 5) is 25.5. The number of halogens is 1. The number of nitrogens with one attached hydrogen (secondary N) is 2. The van der Waals surface area contributed by atoms with Gasteiger partial charge < -0.3 is 15.4 Å². The highest BCUT2D eigenvalue weighted by molar-refractivity contribution is 7.80. The van der Waals surface area contributed by atoms with Gasteiger partial charge in [-0.25, -0.2) is 4.79 Å². The number of rotatable bonds is 4. The van der Waals surface area contributed by atoms with Crippen molar-refractivity contribution < 1.29 is 14.3 Å². The van der Waals surface area contributed by atoms with Crippen LogP contribution in [0.25, 0.3) is 5.70 Å². The van der Waals surface area contributed by atoms with Crippen molar-refractivity contribution in [2.45, 2.75) is 6.04 Å². The van der Waals surface area contributed by atoms with Crippen LogP contribution in [0.4, 0.5) is 0 Å². The van der Waals surface area contributed by atoms with Crippen molar-refractivity contribution in [3.63, 3.8) is 0 Å². The topological polar surface area (TPSA) is 67.4 Å². The number of carbonyl (C=O) groups is 2. The highest BCUT2D eigenvalue weighted by Gasteiger charge is 2.36. The van der Waals surface area contributed by atoms with Crippen molar-refractivity contribution in [1.82, 2.24) is 10.6 Å². The number of Topliss-reactive ketones (excluding diaryl/α,β-unsaturated/α-hetero) is 1. The van der Waals surface area contributed by atoms with Gasteiger partial charge >= 0.3 is 5.97 Å². The predicted octanol–water partition coefficient (Wildman–Crippen LogP) is 3.07. The number of esters is 1. The highest BCUT2D eigenvalue weighted by atomic mass is 35.5. The predicted molar refractivity (Wildman–Crippen MR) is 101 cm³/mol. The number of thiocarbonyl (C=S) groups is 1. The molecule has 5 nitrogen and oxygen atoms in total. The Hall–Kier alpha value is -2.22. The number of ether oxygens (including phenoxy) is 1. The first-order valence-corrected chi connectivity index (χ1v) is 8.92. The first-order valence-electron chi connectivity index (χ1n) is 7.25. The summed E-state index contributed by atoms with van der Waals surface area (Å²) in [5.41, 5.74) is 1.35. The molecule has 2 N–H and O–H groups in total. The van der Waals surface area contributed by atoms with Gasteiger partial charge in [0.05, 0.1) is 29.3 Å². The van der Waals surface area contributed by atoms with Crippen LogP contribution in [0.15, 0.2) is 47.4 Å². The summed E-state index contributed by atoms with van der Waals surface area (Å²) in [6, 6.07) is 10.1. The van der Waals surface area contributed by atoms with E-state index in [1.807, 2.05) is 17.5 Å². The lowest BCUT2D eigenvalue weighted by atomic mass is 9.91. The highest BCUT2D eigenvalue weighted by Crippen LogP contribution is 2.36. The van der Waals surface area contributed by atoms with E-state index < -0.39 is 17.8 Å². The summed E-state index contributed by atoms with van der Waals surface area (Å²) >= 11 is 13.0. The monoisotopic (exact) mass is 392 g/mol. The maximum atomic E-state index is 12.7. The lowest BCUT2D eigenvalue weighted by Gasteiger charge is -2.31. The quantitative estimate of drug-likeness (QED) is 0.473. The van der Waals surface area contributed by atoms with Crippen LogP contribution in [0.2, 0.25) is 5.02 Å². The number of methoxy groups -OCH3 is 1. The van der Waals surface area contributed by atoms with Crippen molar-refractivity contribution in [2.24, 2.45) is 0 Å². The van der Waals surface area contributed by atoms with Crippen LogP contribution in [0.3, 0.4) is 0 Å². The third-order valence-electron chi connectivity index (χ3n) is 3.67.